The van der Waals surface area contributed by atoms with Gasteiger partial charge in [0.15, 0.2) is 0 Å². The van der Waals surface area contributed by atoms with Gasteiger partial charge in [-0.3, -0.25) is 8.37 Å². The van der Waals surface area contributed by atoms with Gasteiger partial charge in [-0.25, -0.2) is 26.0 Å². The van der Waals surface area contributed by atoms with Gasteiger partial charge in [-0.2, -0.15) is 38.7 Å². The van der Waals surface area contributed by atoms with E-state index in [0.717, 1.165) is 12.1 Å². The lowest BCUT2D eigenvalue weighted by Crippen LogP contribution is -2.40. The molecule has 1 aromatic rings. The van der Waals surface area contributed by atoms with Gasteiger partial charge in [0.25, 0.3) is 20.2 Å². The van der Waals surface area contributed by atoms with Crippen LogP contribution in [0.25, 0.3) is 0 Å². The van der Waals surface area contributed by atoms with Crippen LogP contribution < -0.4 is 0 Å². The number of nitrogens with zero attached hydrogens (tertiary/aromatic N) is 1. The molecule has 0 unspecified atom stereocenters. The largest absolute Gasteiger partial charge is 0.331 e. The second-order valence-electron chi connectivity index (χ2n) is 7.39. The van der Waals surface area contributed by atoms with Crippen LogP contribution in [0.2, 0.25) is 0 Å². The molecule has 216 valence electrons. The molecule has 37 heavy (non-hydrogen) atoms. The normalized spacial score (nSPS) is 14.2. The van der Waals surface area contributed by atoms with E-state index in [1.807, 2.05) is 0 Å². The van der Waals surface area contributed by atoms with Gasteiger partial charge in [0.2, 0.25) is 10.0 Å². The van der Waals surface area contributed by atoms with Gasteiger partial charge in [-0.05, 0) is 19.1 Å². The highest BCUT2D eigenvalue weighted by molar-refractivity contribution is 7.89. The number of alkyl halides is 8. The van der Waals surface area contributed by atoms with Crippen LogP contribution in [0.3, 0.4) is 0 Å². The lowest BCUT2D eigenvalue weighted by atomic mass is 10.2. The standard InChI is InChI=1S/C17H21F8NO8S3/c1-12-2-4-13(5-3-12)37(31,32)26(6-8-35(27,28)33-10-16(22,23)14(18)19)7-9-36(29,30)34-11-17(24,25)15(20)21/h2-5,14-15H,6-11H2,1H3. The molecular weight excluding hydrogens is 594 g/mol. The fraction of sp³-hybridized carbons (Fsp3) is 0.647. The summed E-state index contributed by atoms with van der Waals surface area (Å²) in [5.74, 6) is -12.5. The molecule has 9 nitrogen and oxygen atoms in total. The Balaban J connectivity index is 3.09. The lowest BCUT2D eigenvalue weighted by Gasteiger charge is -2.23. The van der Waals surface area contributed by atoms with Crippen LogP contribution in [-0.2, 0) is 38.6 Å². The zero-order chi connectivity index (χ0) is 28.9. The van der Waals surface area contributed by atoms with E-state index in [1.165, 1.54) is 12.1 Å². The molecule has 0 heterocycles. The molecule has 0 saturated carbocycles. The molecule has 0 radical (unpaired) electrons. The number of aryl methyl sites for hydroxylation is 1. The van der Waals surface area contributed by atoms with Gasteiger partial charge >= 0.3 is 24.7 Å². The molecule has 0 atom stereocenters. The van der Waals surface area contributed by atoms with Crippen LogP contribution in [0.5, 0.6) is 0 Å². The first-order chi connectivity index (χ1) is 16.6. The highest BCUT2D eigenvalue weighted by Gasteiger charge is 2.43. The Bertz CT molecular complexity index is 1150. The molecule has 0 N–H and O–H groups in total. The Kier molecular flexibility index (Phi) is 11.3. The summed E-state index contributed by atoms with van der Waals surface area (Å²) in [7, 11) is -14.9. The van der Waals surface area contributed by atoms with Gasteiger partial charge in [0.05, 0.1) is 16.4 Å². The molecule has 0 amide bonds. The van der Waals surface area contributed by atoms with Crippen molar-refractivity contribution in [3.05, 3.63) is 29.8 Å². The molecule has 20 heteroatoms. The minimum absolute atomic E-state index is 0.190. The zero-order valence-corrected chi connectivity index (χ0v) is 21.1. The van der Waals surface area contributed by atoms with Gasteiger partial charge in [-0.15, -0.1) is 0 Å². The number of sulfonamides is 1. The maximum Gasteiger partial charge on any atom is 0.331 e. The predicted molar refractivity (Wildman–Crippen MR) is 111 cm³/mol. The van der Waals surface area contributed by atoms with Crippen molar-refractivity contribution >= 4 is 30.3 Å². The molecule has 1 rings (SSSR count). The first-order valence-electron chi connectivity index (χ1n) is 9.74. The van der Waals surface area contributed by atoms with Crippen LogP contribution in [0.1, 0.15) is 5.56 Å². The molecule has 0 aliphatic rings. The third kappa shape index (κ3) is 10.6. The van der Waals surface area contributed by atoms with Crippen LogP contribution in [0, 0.1) is 6.92 Å². The minimum atomic E-state index is -5.07. The second kappa shape index (κ2) is 12.5. The molecule has 1 aromatic carbocycles. The summed E-state index contributed by atoms with van der Waals surface area (Å²) < 4.78 is 182. The quantitative estimate of drug-likeness (QED) is 0.205. The van der Waals surface area contributed by atoms with Crippen molar-refractivity contribution in [2.45, 2.75) is 36.5 Å². The van der Waals surface area contributed by atoms with Crippen molar-refractivity contribution in [2.75, 3.05) is 37.8 Å². The number of benzene rings is 1. The van der Waals surface area contributed by atoms with E-state index in [0.29, 0.717) is 5.56 Å². The number of halogens is 8. The van der Waals surface area contributed by atoms with E-state index >= 15 is 0 Å². The summed E-state index contributed by atoms with van der Waals surface area (Å²) in [4.78, 5) is -0.497. The van der Waals surface area contributed by atoms with Crippen molar-refractivity contribution < 1.29 is 68.7 Å². The number of rotatable bonds is 16. The first-order valence-corrected chi connectivity index (χ1v) is 14.3. The third-order valence-corrected chi connectivity index (χ3v) is 8.57. The second-order valence-corrected chi connectivity index (χ2v) is 12.8. The Morgan fingerprint density at radius 2 is 1.08 bits per heavy atom. The van der Waals surface area contributed by atoms with E-state index in [4.69, 9.17) is 0 Å². The summed E-state index contributed by atoms with van der Waals surface area (Å²) in [5.41, 5.74) is 0.581. The van der Waals surface area contributed by atoms with Crippen LogP contribution in [-0.4, -0.2) is 92.1 Å². The van der Waals surface area contributed by atoms with Gasteiger partial charge in [-0.1, -0.05) is 17.7 Å². The van der Waals surface area contributed by atoms with Crippen molar-refractivity contribution in [3.8, 4) is 0 Å². The van der Waals surface area contributed by atoms with Crippen LogP contribution >= 0.6 is 0 Å². The van der Waals surface area contributed by atoms with Crippen molar-refractivity contribution in [3.63, 3.8) is 0 Å². The topological polar surface area (TPSA) is 124 Å². The average molecular weight is 616 g/mol. The van der Waals surface area contributed by atoms with E-state index in [1.54, 1.807) is 6.92 Å². The summed E-state index contributed by atoms with van der Waals surface area (Å²) >= 11 is 0. The zero-order valence-electron chi connectivity index (χ0n) is 18.7. The molecule has 0 spiro atoms. The maximum absolute atomic E-state index is 13.0. The summed E-state index contributed by atoms with van der Waals surface area (Å²) in [6.45, 7) is -5.29. The fourth-order valence-corrected chi connectivity index (χ4v) is 5.69. The Hall–Kier alpha value is -1.61. The van der Waals surface area contributed by atoms with Crippen molar-refractivity contribution in [1.29, 1.82) is 0 Å². The monoisotopic (exact) mass is 615 g/mol. The average Bonchev–Trinajstić information content (AvgIpc) is 2.76. The summed E-state index contributed by atoms with van der Waals surface area (Å²) in [6.07, 6.45) is -8.55. The molecular formula is C17H21F8NO8S3. The minimum Gasteiger partial charge on any atom is -0.263 e. The Morgan fingerprint density at radius 1 is 0.730 bits per heavy atom. The van der Waals surface area contributed by atoms with E-state index < -0.39 is 97.7 Å². The summed E-state index contributed by atoms with van der Waals surface area (Å²) in [6, 6.07) is 4.70. The predicted octanol–water partition coefficient (Wildman–Crippen LogP) is 2.48. The molecule has 0 bridgehead atoms. The van der Waals surface area contributed by atoms with E-state index in [9.17, 15) is 60.4 Å². The van der Waals surface area contributed by atoms with E-state index in [-0.39, 0.29) is 4.31 Å². The number of hydrogen-bond donors (Lipinski definition) is 0. The van der Waals surface area contributed by atoms with Gasteiger partial charge in [0.1, 0.15) is 13.2 Å². The maximum atomic E-state index is 13.0. The highest BCUT2D eigenvalue weighted by atomic mass is 32.2. The highest BCUT2D eigenvalue weighted by Crippen LogP contribution is 2.25. The fourth-order valence-electron chi connectivity index (χ4n) is 2.22. The molecule has 0 aliphatic heterocycles. The summed E-state index contributed by atoms with van der Waals surface area (Å²) in [5, 5.41) is 0. The van der Waals surface area contributed by atoms with Crippen molar-refractivity contribution in [2.24, 2.45) is 0 Å². The van der Waals surface area contributed by atoms with E-state index in [2.05, 4.69) is 8.37 Å². The first kappa shape index (κ1) is 33.4. The molecule has 0 fully saturated rings. The Labute approximate surface area is 207 Å². The SMILES string of the molecule is Cc1ccc(S(=O)(=O)N(CCS(=O)(=O)OCC(F)(F)C(F)F)CCS(=O)(=O)OCC(F)(F)C(F)F)cc1. The van der Waals surface area contributed by atoms with Gasteiger partial charge < -0.3 is 0 Å². The van der Waals surface area contributed by atoms with Crippen molar-refractivity contribution in [1.82, 2.24) is 4.31 Å². The van der Waals surface area contributed by atoms with Crippen LogP contribution in [0.15, 0.2) is 29.2 Å². The third-order valence-electron chi connectivity index (χ3n) is 4.34. The Morgan fingerprint density at radius 3 is 1.41 bits per heavy atom. The molecule has 0 aromatic heterocycles. The number of hydrogen-bond acceptors (Lipinski definition) is 8. The molecule has 0 saturated heterocycles. The molecule has 0 aliphatic carbocycles. The smallest absolute Gasteiger partial charge is 0.263 e. The van der Waals surface area contributed by atoms with Crippen LogP contribution in [0.4, 0.5) is 35.1 Å². The van der Waals surface area contributed by atoms with Gasteiger partial charge in [0, 0.05) is 13.1 Å². The lowest BCUT2D eigenvalue weighted by molar-refractivity contribution is -0.147.